The Morgan fingerprint density at radius 2 is 1.48 bits per heavy atom. The van der Waals surface area contributed by atoms with Crippen molar-refractivity contribution in [2.24, 2.45) is 0 Å². The zero-order valence-electron chi connectivity index (χ0n) is 11.7. The van der Waals surface area contributed by atoms with E-state index in [9.17, 15) is 24.3 Å². The summed E-state index contributed by atoms with van der Waals surface area (Å²) in [4.78, 5) is 44.4. The average Bonchev–Trinajstić information content (AvgIpc) is 2.30. The number of amides is 2. The van der Waals surface area contributed by atoms with Gasteiger partial charge in [-0.25, -0.2) is 0 Å². The van der Waals surface area contributed by atoms with Crippen LogP contribution in [0.2, 0.25) is 0 Å². The van der Waals surface area contributed by atoms with Gasteiger partial charge in [0, 0.05) is 11.8 Å². The van der Waals surface area contributed by atoms with E-state index in [0.717, 1.165) is 0 Å². The molecule has 0 aliphatic rings. The fourth-order valence-electron chi connectivity index (χ4n) is 1.57. The van der Waals surface area contributed by atoms with E-state index in [4.69, 9.17) is 0 Å². The molecule has 0 heterocycles. The first-order valence-corrected chi connectivity index (χ1v) is 6.19. The number of Topliss-reactive ketones (excluding diaryl/α,β-unsaturated/α-hetero) is 2. The van der Waals surface area contributed by atoms with Crippen LogP contribution in [0.15, 0.2) is 18.2 Å². The van der Waals surface area contributed by atoms with Gasteiger partial charge in [-0.2, -0.15) is 0 Å². The molecule has 0 aromatic heterocycles. The SMILES string of the molecule is CC(=O)CC(=O)Nc1ccc(NC(=O)CC(C)=O)c(O)c1. The third-order valence-electron chi connectivity index (χ3n) is 2.37. The molecule has 0 unspecified atom stereocenters. The molecule has 0 saturated heterocycles. The second kappa shape index (κ2) is 7.18. The number of phenolic OH excluding ortho intramolecular Hbond substituents is 1. The molecule has 21 heavy (non-hydrogen) atoms. The van der Waals surface area contributed by atoms with Crippen LogP contribution in [0, 0.1) is 0 Å². The Morgan fingerprint density at radius 3 is 1.95 bits per heavy atom. The molecule has 0 aliphatic carbocycles. The molecule has 0 fully saturated rings. The highest BCUT2D eigenvalue weighted by molar-refractivity contribution is 6.05. The number of aromatic hydroxyl groups is 1. The molecule has 1 aromatic rings. The molecule has 7 nitrogen and oxygen atoms in total. The third-order valence-corrected chi connectivity index (χ3v) is 2.37. The first kappa shape index (κ1) is 16.4. The van der Waals surface area contributed by atoms with Gasteiger partial charge in [0.25, 0.3) is 0 Å². The summed E-state index contributed by atoms with van der Waals surface area (Å²) in [5.74, 6) is -1.85. The normalized spacial score (nSPS) is 9.81. The van der Waals surface area contributed by atoms with Crippen LogP contribution in [0.4, 0.5) is 11.4 Å². The highest BCUT2D eigenvalue weighted by Gasteiger charge is 2.11. The summed E-state index contributed by atoms with van der Waals surface area (Å²) in [5, 5.41) is 14.6. The zero-order chi connectivity index (χ0) is 16.0. The molecule has 1 aromatic carbocycles. The fraction of sp³-hybridized carbons (Fsp3) is 0.286. The Morgan fingerprint density at radius 1 is 0.952 bits per heavy atom. The minimum absolute atomic E-state index is 0.130. The molecule has 0 atom stereocenters. The molecule has 2 amide bonds. The number of rotatable bonds is 6. The molecular formula is C14H16N2O5. The van der Waals surface area contributed by atoms with Crippen molar-refractivity contribution in [3.8, 4) is 5.75 Å². The van der Waals surface area contributed by atoms with Crippen LogP contribution in [0.5, 0.6) is 5.75 Å². The van der Waals surface area contributed by atoms with E-state index < -0.39 is 11.8 Å². The van der Waals surface area contributed by atoms with Crippen molar-refractivity contribution in [1.82, 2.24) is 0 Å². The van der Waals surface area contributed by atoms with Gasteiger partial charge >= 0.3 is 0 Å². The van der Waals surface area contributed by atoms with Crippen LogP contribution >= 0.6 is 0 Å². The van der Waals surface area contributed by atoms with Gasteiger partial charge in [0.15, 0.2) is 0 Å². The van der Waals surface area contributed by atoms with E-state index in [2.05, 4.69) is 10.6 Å². The average molecular weight is 292 g/mol. The second-order valence-electron chi connectivity index (χ2n) is 4.59. The van der Waals surface area contributed by atoms with Gasteiger partial charge in [-0.15, -0.1) is 0 Å². The summed E-state index contributed by atoms with van der Waals surface area (Å²) in [7, 11) is 0. The van der Waals surface area contributed by atoms with Crippen molar-refractivity contribution in [1.29, 1.82) is 0 Å². The molecule has 7 heteroatoms. The highest BCUT2D eigenvalue weighted by atomic mass is 16.3. The van der Waals surface area contributed by atoms with Crippen molar-refractivity contribution in [2.75, 3.05) is 10.6 Å². The maximum atomic E-state index is 11.4. The third kappa shape index (κ3) is 5.85. The van der Waals surface area contributed by atoms with E-state index in [1.54, 1.807) is 0 Å². The molecule has 0 spiro atoms. The van der Waals surface area contributed by atoms with Crippen molar-refractivity contribution in [3.63, 3.8) is 0 Å². The monoisotopic (exact) mass is 292 g/mol. The van der Waals surface area contributed by atoms with Gasteiger partial charge < -0.3 is 15.7 Å². The first-order valence-electron chi connectivity index (χ1n) is 6.19. The van der Waals surface area contributed by atoms with E-state index in [-0.39, 0.29) is 35.8 Å². The van der Waals surface area contributed by atoms with E-state index >= 15 is 0 Å². The Labute approximate surface area is 121 Å². The number of hydrogen-bond acceptors (Lipinski definition) is 5. The molecule has 0 bridgehead atoms. The zero-order valence-corrected chi connectivity index (χ0v) is 11.7. The van der Waals surface area contributed by atoms with Crippen molar-refractivity contribution < 1.29 is 24.3 Å². The van der Waals surface area contributed by atoms with Gasteiger partial charge in [-0.05, 0) is 26.0 Å². The first-order chi connectivity index (χ1) is 9.77. The standard InChI is InChI=1S/C14H16N2O5/c1-8(17)5-13(20)15-10-3-4-11(12(19)7-10)16-14(21)6-9(2)18/h3-4,7,19H,5-6H2,1-2H3,(H,15,20)(H,16,21). The quantitative estimate of drug-likeness (QED) is 0.539. The minimum atomic E-state index is -0.536. The lowest BCUT2D eigenvalue weighted by atomic mass is 10.2. The number of benzene rings is 1. The van der Waals surface area contributed by atoms with Crippen LogP contribution in [0.3, 0.4) is 0 Å². The summed E-state index contributed by atoms with van der Waals surface area (Å²) < 4.78 is 0. The van der Waals surface area contributed by atoms with E-state index in [0.29, 0.717) is 5.69 Å². The highest BCUT2D eigenvalue weighted by Crippen LogP contribution is 2.27. The van der Waals surface area contributed by atoms with Gasteiger partial charge in [0.2, 0.25) is 11.8 Å². The predicted molar refractivity (Wildman–Crippen MR) is 76.0 cm³/mol. The van der Waals surface area contributed by atoms with E-state index in [1.807, 2.05) is 0 Å². The molecule has 1 rings (SSSR count). The maximum absolute atomic E-state index is 11.4. The Kier molecular flexibility index (Phi) is 5.59. The van der Waals surface area contributed by atoms with Crippen LogP contribution in [-0.2, 0) is 19.2 Å². The summed E-state index contributed by atoms with van der Waals surface area (Å²) in [6, 6.07) is 4.08. The summed E-state index contributed by atoms with van der Waals surface area (Å²) in [6.45, 7) is 2.58. The Balaban J connectivity index is 2.72. The lowest BCUT2D eigenvalue weighted by Crippen LogP contribution is -2.16. The molecule has 0 radical (unpaired) electrons. The summed E-state index contributed by atoms with van der Waals surface area (Å²) >= 11 is 0. The lowest BCUT2D eigenvalue weighted by Gasteiger charge is -2.09. The van der Waals surface area contributed by atoms with E-state index in [1.165, 1.54) is 32.0 Å². The lowest BCUT2D eigenvalue weighted by molar-refractivity contribution is -0.125. The summed E-state index contributed by atoms with van der Waals surface area (Å²) in [5.41, 5.74) is 0.425. The number of anilines is 2. The van der Waals surface area contributed by atoms with Crippen LogP contribution < -0.4 is 10.6 Å². The largest absolute Gasteiger partial charge is 0.506 e. The second-order valence-corrected chi connectivity index (χ2v) is 4.59. The number of carbonyl (C=O) groups is 4. The van der Waals surface area contributed by atoms with Crippen LogP contribution in [0.1, 0.15) is 26.7 Å². The number of nitrogens with one attached hydrogen (secondary N) is 2. The van der Waals surface area contributed by atoms with Gasteiger partial charge in [-0.3, -0.25) is 19.2 Å². The molecule has 0 aliphatic heterocycles. The van der Waals surface area contributed by atoms with Crippen molar-refractivity contribution >= 4 is 34.8 Å². The number of ketones is 2. The number of carbonyl (C=O) groups excluding carboxylic acids is 4. The molecule has 112 valence electrons. The summed E-state index contributed by atoms with van der Waals surface area (Å²) in [6.07, 6.45) is -0.533. The fourth-order valence-corrected chi connectivity index (χ4v) is 1.57. The maximum Gasteiger partial charge on any atom is 0.231 e. The van der Waals surface area contributed by atoms with Gasteiger partial charge in [0.1, 0.15) is 17.3 Å². The van der Waals surface area contributed by atoms with Gasteiger partial charge in [-0.1, -0.05) is 0 Å². The van der Waals surface area contributed by atoms with Crippen LogP contribution in [0.25, 0.3) is 0 Å². The minimum Gasteiger partial charge on any atom is -0.506 e. The number of phenols is 1. The Bertz CT molecular complexity index is 595. The smallest absolute Gasteiger partial charge is 0.231 e. The van der Waals surface area contributed by atoms with Gasteiger partial charge in [0.05, 0.1) is 18.5 Å². The molecule has 3 N–H and O–H groups in total. The number of hydrogen-bond donors (Lipinski definition) is 3. The van der Waals surface area contributed by atoms with Crippen molar-refractivity contribution in [2.45, 2.75) is 26.7 Å². The Hall–Kier alpha value is -2.70. The van der Waals surface area contributed by atoms with Crippen LogP contribution in [-0.4, -0.2) is 28.5 Å². The topological polar surface area (TPSA) is 113 Å². The molecular weight excluding hydrogens is 276 g/mol. The van der Waals surface area contributed by atoms with Crippen molar-refractivity contribution in [3.05, 3.63) is 18.2 Å². The predicted octanol–water partition coefficient (Wildman–Crippen LogP) is 1.23. The molecule has 0 saturated carbocycles.